The molecule has 4 aromatic rings. The first-order valence-corrected chi connectivity index (χ1v) is 17.1. The summed E-state index contributed by atoms with van der Waals surface area (Å²) in [5.41, 5.74) is 7.21. The minimum atomic E-state index is -0.983. The third-order valence-corrected chi connectivity index (χ3v) is 10.3. The van der Waals surface area contributed by atoms with Gasteiger partial charge in [-0.2, -0.15) is 0 Å². The molecule has 0 spiro atoms. The number of aryl methyl sites for hydroxylation is 2. The van der Waals surface area contributed by atoms with Gasteiger partial charge in [0.25, 0.3) is 5.91 Å². The summed E-state index contributed by atoms with van der Waals surface area (Å²) in [4.78, 5) is 44.0. The molecule has 8 nitrogen and oxygen atoms in total. The van der Waals surface area contributed by atoms with Gasteiger partial charge in [-0.3, -0.25) is 14.6 Å². The molecule has 0 saturated heterocycles. The Labute approximate surface area is 275 Å². The number of hydrogen-bond acceptors (Lipinski definition) is 5. The number of esters is 1. The second kappa shape index (κ2) is 13.2. The van der Waals surface area contributed by atoms with Gasteiger partial charge in [0.05, 0.1) is 12.8 Å². The topological polar surface area (TPSA) is 102 Å². The molecule has 8 heteroatoms. The fourth-order valence-corrected chi connectivity index (χ4v) is 7.94. The molecule has 2 fully saturated rings. The Bertz CT molecular complexity index is 1840. The van der Waals surface area contributed by atoms with Crippen molar-refractivity contribution in [3.63, 3.8) is 0 Å². The number of rotatable bonds is 7. The molecule has 1 aliphatic heterocycles. The molecular formula is C39H42N4O4. The summed E-state index contributed by atoms with van der Waals surface area (Å²) in [6.45, 7) is 0.879. The van der Waals surface area contributed by atoms with E-state index in [4.69, 9.17) is 4.98 Å². The fraction of sp³-hybridized carbons (Fsp3) is 0.385. The molecular weight excluding hydrogens is 588 g/mol. The maximum Gasteiger partial charge on any atom is 0.330 e. The number of fused-ring (bicyclic) bond motifs is 5. The van der Waals surface area contributed by atoms with E-state index < -0.39 is 11.5 Å². The van der Waals surface area contributed by atoms with Crippen LogP contribution in [0.15, 0.2) is 66.9 Å². The number of methoxy groups -OCH3 is 1. The second-order valence-electron chi connectivity index (χ2n) is 13.3. The second-order valence-corrected chi connectivity index (χ2v) is 13.3. The van der Waals surface area contributed by atoms with Crippen molar-refractivity contribution >= 4 is 40.4 Å². The van der Waals surface area contributed by atoms with Crippen LogP contribution < -0.4 is 10.6 Å². The van der Waals surface area contributed by atoms with Gasteiger partial charge in [0, 0.05) is 52.2 Å². The van der Waals surface area contributed by atoms with Gasteiger partial charge in [-0.05, 0) is 98.0 Å². The highest BCUT2D eigenvalue weighted by atomic mass is 16.5. The number of benzene rings is 2. The minimum absolute atomic E-state index is 0.206. The zero-order valence-electron chi connectivity index (χ0n) is 27.0. The van der Waals surface area contributed by atoms with Crippen molar-refractivity contribution in [3.05, 3.63) is 89.3 Å². The van der Waals surface area contributed by atoms with E-state index in [0.717, 1.165) is 49.0 Å². The summed E-state index contributed by atoms with van der Waals surface area (Å²) in [5, 5.41) is 7.46. The number of amides is 2. The molecule has 2 saturated carbocycles. The molecule has 0 unspecified atom stereocenters. The average molecular weight is 631 g/mol. The first-order valence-electron chi connectivity index (χ1n) is 17.1. The average Bonchev–Trinajstić information content (AvgIpc) is 3.66. The van der Waals surface area contributed by atoms with Gasteiger partial charge in [-0.15, -0.1) is 0 Å². The van der Waals surface area contributed by atoms with Crippen molar-refractivity contribution in [2.75, 3.05) is 12.4 Å². The summed E-state index contributed by atoms with van der Waals surface area (Å²) < 4.78 is 7.08. The van der Waals surface area contributed by atoms with Crippen LogP contribution in [0, 0.1) is 0 Å². The van der Waals surface area contributed by atoms with Crippen LogP contribution in [0.1, 0.15) is 97.3 Å². The summed E-state index contributed by atoms with van der Waals surface area (Å²) in [6, 6.07) is 17.6. The van der Waals surface area contributed by atoms with Crippen molar-refractivity contribution in [2.24, 2.45) is 0 Å². The lowest BCUT2D eigenvalue weighted by Crippen LogP contribution is -2.55. The van der Waals surface area contributed by atoms with Gasteiger partial charge < -0.3 is 19.9 Å². The number of carbonyl (C=O) groups excluding carboxylic acids is 3. The summed E-state index contributed by atoms with van der Waals surface area (Å²) in [5.74, 6) is -0.364. The quantitative estimate of drug-likeness (QED) is 0.162. The van der Waals surface area contributed by atoms with Crippen molar-refractivity contribution in [2.45, 2.75) is 88.6 Å². The number of aromatic nitrogens is 2. The molecule has 242 valence electrons. The smallest absolute Gasteiger partial charge is 0.330 e. The Morgan fingerprint density at radius 1 is 0.957 bits per heavy atom. The predicted molar refractivity (Wildman–Crippen MR) is 184 cm³/mol. The Hall–Kier alpha value is -4.72. The van der Waals surface area contributed by atoms with Crippen molar-refractivity contribution in [1.29, 1.82) is 0 Å². The molecule has 2 aromatic carbocycles. The molecule has 0 radical (unpaired) electrons. The fourth-order valence-electron chi connectivity index (χ4n) is 7.94. The van der Waals surface area contributed by atoms with E-state index in [1.807, 2.05) is 36.5 Å². The van der Waals surface area contributed by atoms with Crippen molar-refractivity contribution in [3.8, 4) is 11.3 Å². The zero-order valence-corrected chi connectivity index (χ0v) is 27.0. The van der Waals surface area contributed by atoms with Crippen LogP contribution in [0.3, 0.4) is 0 Å². The predicted octanol–water partition coefficient (Wildman–Crippen LogP) is 7.56. The number of ether oxygens (including phenoxy) is 1. The Morgan fingerprint density at radius 2 is 1.74 bits per heavy atom. The number of anilines is 1. The highest BCUT2D eigenvalue weighted by Gasteiger charge is 2.43. The first kappa shape index (κ1) is 30.9. The number of nitrogens with zero attached hydrogens (tertiary/aromatic N) is 2. The van der Waals surface area contributed by atoms with Crippen molar-refractivity contribution in [1.82, 2.24) is 14.9 Å². The van der Waals surface area contributed by atoms with Crippen LogP contribution in [0.4, 0.5) is 5.69 Å². The van der Waals surface area contributed by atoms with E-state index in [1.54, 1.807) is 18.2 Å². The molecule has 47 heavy (non-hydrogen) atoms. The molecule has 2 aromatic heterocycles. The van der Waals surface area contributed by atoms with E-state index in [0.29, 0.717) is 30.0 Å². The molecule has 0 atom stereocenters. The number of hydrogen-bond donors (Lipinski definition) is 2. The van der Waals surface area contributed by atoms with Crippen LogP contribution in [-0.2, 0) is 27.3 Å². The standard InChI is InChI=1S/C39H42N4O4/c1-47-34(44)20-15-26-13-17-29(18-14-26)41-38(46)39(21-5-6-22-39)42-37(45)28-16-19-31-33(25-28)43-24-8-12-32-30(11-7-23-40-32)36(43)35(31)27-9-3-2-4-10-27/h7,11,13-20,23,25,27H,2-6,8-10,12,21-22,24H2,1H3,(H,41,46)(H,42,45)/b20-15+. The Morgan fingerprint density at radius 3 is 2.51 bits per heavy atom. The van der Waals surface area contributed by atoms with E-state index in [-0.39, 0.29) is 11.8 Å². The van der Waals surface area contributed by atoms with Crippen LogP contribution in [0.5, 0.6) is 0 Å². The van der Waals surface area contributed by atoms with Crippen LogP contribution in [0.2, 0.25) is 0 Å². The lowest BCUT2D eigenvalue weighted by atomic mass is 9.81. The molecule has 2 N–H and O–H groups in total. The molecule has 2 aliphatic carbocycles. The van der Waals surface area contributed by atoms with Crippen molar-refractivity contribution < 1.29 is 19.1 Å². The summed E-state index contributed by atoms with van der Waals surface area (Å²) >= 11 is 0. The monoisotopic (exact) mass is 630 g/mol. The van der Waals surface area contributed by atoms with Gasteiger partial charge in [0.1, 0.15) is 5.54 Å². The number of carbonyl (C=O) groups is 3. The summed E-state index contributed by atoms with van der Waals surface area (Å²) in [6.07, 6.45) is 15.9. The maximum atomic E-state index is 14.0. The van der Waals surface area contributed by atoms with Crippen LogP contribution in [-0.4, -0.2) is 40.0 Å². The van der Waals surface area contributed by atoms with Gasteiger partial charge in [0.15, 0.2) is 0 Å². The lowest BCUT2D eigenvalue weighted by molar-refractivity contribution is -0.134. The Balaban J connectivity index is 1.18. The van der Waals surface area contributed by atoms with E-state index in [1.165, 1.54) is 67.5 Å². The Kier molecular flexibility index (Phi) is 8.67. The van der Waals surface area contributed by atoms with Gasteiger partial charge in [0.2, 0.25) is 5.91 Å². The van der Waals surface area contributed by atoms with Gasteiger partial charge in [-0.1, -0.05) is 50.3 Å². The third-order valence-electron chi connectivity index (χ3n) is 10.3. The lowest BCUT2D eigenvalue weighted by Gasteiger charge is -2.29. The molecule has 2 amide bonds. The van der Waals surface area contributed by atoms with Gasteiger partial charge >= 0.3 is 5.97 Å². The summed E-state index contributed by atoms with van der Waals surface area (Å²) in [7, 11) is 1.33. The largest absolute Gasteiger partial charge is 0.466 e. The highest BCUT2D eigenvalue weighted by Crippen LogP contribution is 2.46. The van der Waals surface area contributed by atoms with Crippen LogP contribution in [0.25, 0.3) is 28.2 Å². The molecule has 0 bridgehead atoms. The molecule has 3 aliphatic rings. The number of nitrogens with one attached hydrogen (secondary N) is 2. The van der Waals surface area contributed by atoms with E-state index in [2.05, 4.69) is 32.1 Å². The van der Waals surface area contributed by atoms with Crippen LogP contribution >= 0.6 is 0 Å². The van der Waals surface area contributed by atoms with Gasteiger partial charge in [-0.25, -0.2) is 4.79 Å². The minimum Gasteiger partial charge on any atom is -0.466 e. The first-order chi connectivity index (χ1) is 23.0. The molecule has 3 heterocycles. The molecule has 7 rings (SSSR count). The van der Waals surface area contributed by atoms with E-state index in [9.17, 15) is 14.4 Å². The zero-order chi connectivity index (χ0) is 32.4. The highest BCUT2D eigenvalue weighted by molar-refractivity contribution is 6.06. The normalized spacial score (nSPS) is 17.6. The van der Waals surface area contributed by atoms with E-state index >= 15 is 0 Å². The number of pyridine rings is 1. The maximum absolute atomic E-state index is 14.0. The SMILES string of the molecule is COC(=O)/C=C/c1ccc(NC(=O)C2(NC(=O)c3ccc4c(C5CCCCC5)c5n(c4c3)CCCc3ncccc3-5)CCCC2)cc1. The third kappa shape index (κ3) is 6.09.